The summed E-state index contributed by atoms with van der Waals surface area (Å²) in [4.78, 5) is 12.1. The van der Waals surface area contributed by atoms with Gasteiger partial charge in [-0.05, 0) is 12.8 Å². The second-order valence-electron chi connectivity index (χ2n) is 16.2. The van der Waals surface area contributed by atoms with Crippen LogP contribution in [0.1, 0.15) is 213 Å². The molecular formula is C45H87NO8. The Labute approximate surface area is 331 Å². The van der Waals surface area contributed by atoms with Crippen LogP contribution in [0.3, 0.4) is 0 Å². The van der Waals surface area contributed by atoms with Gasteiger partial charge in [-0.2, -0.15) is 0 Å². The maximum atomic E-state index is 12.1. The van der Waals surface area contributed by atoms with E-state index in [1.807, 2.05) is 6.08 Å². The van der Waals surface area contributed by atoms with E-state index in [0.29, 0.717) is 0 Å². The predicted octanol–water partition coefficient (Wildman–Crippen LogP) is 9.34. The lowest BCUT2D eigenvalue weighted by molar-refractivity contribution is -0.302. The van der Waals surface area contributed by atoms with E-state index in [0.717, 1.165) is 19.3 Å². The molecule has 1 amide bonds. The van der Waals surface area contributed by atoms with Crippen molar-refractivity contribution < 1.29 is 39.8 Å². The molecule has 7 atom stereocenters. The van der Waals surface area contributed by atoms with Crippen molar-refractivity contribution in [2.75, 3.05) is 13.2 Å². The topological polar surface area (TPSA) is 149 Å². The van der Waals surface area contributed by atoms with Crippen molar-refractivity contribution in [1.29, 1.82) is 0 Å². The summed E-state index contributed by atoms with van der Waals surface area (Å²) in [5, 5.41) is 53.0. The van der Waals surface area contributed by atoms with E-state index in [1.165, 1.54) is 173 Å². The van der Waals surface area contributed by atoms with Crippen molar-refractivity contribution in [3.63, 3.8) is 0 Å². The molecule has 1 fully saturated rings. The van der Waals surface area contributed by atoms with Gasteiger partial charge in [-0.15, -0.1) is 0 Å². The molecule has 1 aliphatic rings. The van der Waals surface area contributed by atoms with Crippen molar-refractivity contribution in [2.24, 2.45) is 0 Å². The first-order chi connectivity index (χ1) is 26.3. The highest BCUT2D eigenvalue weighted by Crippen LogP contribution is 2.23. The molecule has 9 nitrogen and oxygen atoms in total. The van der Waals surface area contributed by atoms with E-state index in [9.17, 15) is 30.3 Å². The van der Waals surface area contributed by atoms with Crippen molar-refractivity contribution in [3.8, 4) is 0 Å². The summed E-state index contributed by atoms with van der Waals surface area (Å²) in [7, 11) is 0. The predicted molar refractivity (Wildman–Crippen MR) is 221 cm³/mol. The van der Waals surface area contributed by atoms with Gasteiger partial charge in [0.1, 0.15) is 24.4 Å². The maximum Gasteiger partial charge on any atom is 0.220 e. The number of ether oxygens (including phenoxy) is 2. The van der Waals surface area contributed by atoms with Crippen LogP contribution in [0.25, 0.3) is 0 Å². The third kappa shape index (κ3) is 26.7. The molecule has 6 N–H and O–H groups in total. The molecule has 9 heteroatoms. The number of hydrogen-bond acceptors (Lipinski definition) is 8. The molecule has 320 valence electrons. The minimum absolute atomic E-state index is 0.195. The average molecular weight is 770 g/mol. The van der Waals surface area contributed by atoms with Gasteiger partial charge in [0.05, 0.1) is 25.4 Å². The first kappa shape index (κ1) is 50.9. The quantitative estimate of drug-likeness (QED) is 0.0269. The monoisotopic (exact) mass is 770 g/mol. The Morgan fingerprint density at radius 2 is 1.00 bits per heavy atom. The number of nitrogens with one attached hydrogen (secondary N) is 1. The molecule has 1 saturated heterocycles. The van der Waals surface area contributed by atoms with Gasteiger partial charge in [0.2, 0.25) is 5.91 Å². The molecular weight excluding hydrogens is 682 g/mol. The molecule has 0 spiro atoms. The zero-order valence-electron chi connectivity index (χ0n) is 35.0. The highest BCUT2D eigenvalue weighted by molar-refractivity contribution is 5.75. The fraction of sp³-hybridized carbons (Fsp3) is 0.933. The van der Waals surface area contributed by atoms with Gasteiger partial charge in [0.25, 0.3) is 0 Å². The third-order valence-electron chi connectivity index (χ3n) is 11.2. The number of unbranched alkanes of at least 4 members (excludes halogenated alkanes) is 29. The van der Waals surface area contributed by atoms with Gasteiger partial charge in [-0.3, -0.25) is 4.79 Å². The standard InChI is InChI=1S/C45H87NO8/c1-3-5-6-7-8-9-10-11-12-13-14-15-16-17-18-19-20-21-22-23-24-25-26-27-28-29-30-31-32-33-34-35-39(48)38(46-41(49)4-2)37-53-45-44(52)43(51)42(50)40(36-47)54-45/h34-35,38-40,42-45,47-48,50-52H,3-33,36-37H2,1-2H3,(H,46,49)/b35-34+. The smallest absolute Gasteiger partial charge is 0.220 e. The number of hydrogen-bond donors (Lipinski definition) is 6. The van der Waals surface area contributed by atoms with E-state index in [-0.39, 0.29) is 18.9 Å². The number of aliphatic hydroxyl groups is 5. The first-order valence-electron chi connectivity index (χ1n) is 22.9. The molecule has 0 aromatic rings. The SMILES string of the molecule is CCCCCCCCCCCCCCCCCCCCCCCCCCCCCCC/C=C/C(O)C(COC1OC(CO)C(O)C(O)C1O)NC(=O)CC. The summed E-state index contributed by atoms with van der Waals surface area (Å²) in [5.74, 6) is -0.263. The Bertz CT molecular complexity index is 858. The summed E-state index contributed by atoms with van der Waals surface area (Å²) in [5.41, 5.74) is 0. The highest BCUT2D eigenvalue weighted by atomic mass is 16.7. The minimum atomic E-state index is -1.56. The van der Waals surface area contributed by atoms with E-state index in [4.69, 9.17) is 9.47 Å². The Kier molecular flexibility index (Phi) is 34.2. The Morgan fingerprint density at radius 3 is 1.37 bits per heavy atom. The van der Waals surface area contributed by atoms with Gasteiger partial charge in [-0.1, -0.05) is 206 Å². The lowest BCUT2D eigenvalue weighted by Crippen LogP contribution is -2.60. The van der Waals surface area contributed by atoms with E-state index < -0.39 is 49.5 Å². The van der Waals surface area contributed by atoms with Crippen LogP contribution in [-0.4, -0.2) is 87.5 Å². The zero-order valence-corrected chi connectivity index (χ0v) is 35.0. The van der Waals surface area contributed by atoms with Crippen LogP contribution in [0.5, 0.6) is 0 Å². The molecule has 1 rings (SSSR count). The summed E-state index contributed by atoms with van der Waals surface area (Å²) >= 11 is 0. The largest absolute Gasteiger partial charge is 0.394 e. The van der Waals surface area contributed by atoms with E-state index in [2.05, 4.69) is 12.2 Å². The van der Waals surface area contributed by atoms with Crippen LogP contribution in [0.15, 0.2) is 12.2 Å². The lowest BCUT2D eigenvalue weighted by atomic mass is 9.99. The van der Waals surface area contributed by atoms with Crippen molar-refractivity contribution >= 4 is 5.91 Å². The van der Waals surface area contributed by atoms with Gasteiger partial charge >= 0.3 is 0 Å². The molecule has 0 saturated carbocycles. The van der Waals surface area contributed by atoms with Crippen molar-refractivity contribution in [3.05, 3.63) is 12.2 Å². The van der Waals surface area contributed by atoms with Gasteiger partial charge in [0, 0.05) is 6.42 Å². The van der Waals surface area contributed by atoms with E-state index in [1.54, 1.807) is 13.0 Å². The molecule has 0 bridgehead atoms. The molecule has 0 aromatic carbocycles. The molecule has 54 heavy (non-hydrogen) atoms. The van der Waals surface area contributed by atoms with Crippen LogP contribution in [-0.2, 0) is 14.3 Å². The number of amides is 1. The normalized spacial score (nSPS) is 21.5. The van der Waals surface area contributed by atoms with Crippen LogP contribution in [0.4, 0.5) is 0 Å². The number of carbonyl (C=O) groups excluding carboxylic acids is 1. The molecule has 1 aliphatic heterocycles. The lowest BCUT2D eigenvalue weighted by Gasteiger charge is -2.40. The average Bonchev–Trinajstić information content (AvgIpc) is 3.18. The highest BCUT2D eigenvalue weighted by Gasteiger charge is 2.44. The molecule has 1 heterocycles. The molecule has 7 unspecified atom stereocenters. The van der Waals surface area contributed by atoms with Crippen molar-refractivity contribution in [1.82, 2.24) is 5.32 Å². The van der Waals surface area contributed by atoms with Crippen molar-refractivity contribution in [2.45, 2.75) is 256 Å². The fourth-order valence-electron chi connectivity index (χ4n) is 7.42. The molecule has 0 aromatic heterocycles. The van der Waals surface area contributed by atoms with E-state index >= 15 is 0 Å². The number of carbonyl (C=O) groups is 1. The summed E-state index contributed by atoms with van der Waals surface area (Å²) in [6.45, 7) is 3.24. The molecule has 0 aliphatic carbocycles. The number of allylic oxidation sites excluding steroid dienone is 1. The van der Waals surface area contributed by atoms with Gasteiger partial charge in [0.15, 0.2) is 6.29 Å². The Hall–Kier alpha value is -1.07. The second kappa shape index (κ2) is 36.3. The Morgan fingerprint density at radius 1 is 0.611 bits per heavy atom. The van der Waals surface area contributed by atoms with Crippen LogP contribution in [0.2, 0.25) is 0 Å². The summed E-state index contributed by atoms with van der Waals surface area (Å²) in [6.07, 6.45) is 36.8. The summed E-state index contributed by atoms with van der Waals surface area (Å²) in [6, 6.07) is -0.797. The third-order valence-corrected chi connectivity index (χ3v) is 11.2. The second-order valence-corrected chi connectivity index (χ2v) is 16.2. The van der Waals surface area contributed by atoms with Crippen LogP contribution < -0.4 is 5.32 Å². The number of aliphatic hydroxyl groups excluding tert-OH is 5. The minimum Gasteiger partial charge on any atom is -0.394 e. The fourth-order valence-corrected chi connectivity index (χ4v) is 7.42. The number of rotatable bonds is 38. The van der Waals surface area contributed by atoms with Gasteiger partial charge in [-0.25, -0.2) is 0 Å². The zero-order chi connectivity index (χ0) is 39.5. The maximum absolute atomic E-state index is 12.1. The van der Waals surface area contributed by atoms with Crippen LogP contribution in [0, 0.1) is 0 Å². The van der Waals surface area contributed by atoms with Crippen LogP contribution >= 0.6 is 0 Å². The summed E-state index contributed by atoms with van der Waals surface area (Å²) < 4.78 is 11.0. The first-order valence-corrected chi connectivity index (χ1v) is 22.9. The molecule has 0 radical (unpaired) electrons. The van der Waals surface area contributed by atoms with Gasteiger partial charge < -0.3 is 40.3 Å². The Balaban J connectivity index is 1.93.